The Morgan fingerprint density at radius 3 is 2.67 bits per heavy atom. The van der Waals surface area contributed by atoms with Crippen LogP contribution in [0, 0.1) is 16.0 Å². The van der Waals surface area contributed by atoms with Crippen molar-refractivity contribution in [1.82, 2.24) is 5.32 Å². The van der Waals surface area contributed by atoms with E-state index in [0.29, 0.717) is 18.3 Å². The molecule has 1 aliphatic rings. The summed E-state index contributed by atoms with van der Waals surface area (Å²) in [5.74, 6) is 1.26. The number of benzene rings is 1. The maximum absolute atomic E-state index is 11.1. The molecule has 0 spiro atoms. The number of piperidine rings is 1. The summed E-state index contributed by atoms with van der Waals surface area (Å²) >= 11 is 0. The molecular weight excluding hydrogens is 270 g/mol. The Balaban J connectivity index is 2.13. The van der Waals surface area contributed by atoms with Crippen LogP contribution in [-0.2, 0) is 0 Å². The van der Waals surface area contributed by atoms with Gasteiger partial charge in [0.2, 0.25) is 0 Å². The monoisotopic (exact) mass is 293 g/mol. The highest BCUT2D eigenvalue weighted by Gasteiger charge is 2.21. The van der Waals surface area contributed by atoms with Crippen molar-refractivity contribution in [3.63, 3.8) is 0 Å². The van der Waals surface area contributed by atoms with Crippen molar-refractivity contribution in [3.8, 4) is 5.75 Å². The Morgan fingerprint density at radius 1 is 1.38 bits per heavy atom. The molecule has 6 nitrogen and oxygen atoms in total. The summed E-state index contributed by atoms with van der Waals surface area (Å²) < 4.78 is 5.45. The van der Waals surface area contributed by atoms with Gasteiger partial charge in [0.15, 0.2) is 0 Å². The van der Waals surface area contributed by atoms with Crippen LogP contribution in [0.25, 0.3) is 0 Å². The molecule has 0 aliphatic carbocycles. The first-order valence-electron chi connectivity index (χ1n) is 7.46. The van der Waals surface area contributed by atoms with Crippen LogP contribution in [-0.4, -0.2) is 38.2 Å². The number of non-ortho nitro benzene ring substituents is 1. The molecule has 2 rings (SSSR count). The Bertz CT molecular complexity index is 485. The van der Waals surface area contributed by atoms with E-state index in [2.05, 4.69) is 10.2 Å². The Kier molecular flexibility index (Phi) is 5.38. The number of nitro groups is 1. The third-order valence-corrected chi connectivity index (χ3v) is 3.87. The third kappa shape index (κ3) is 4.07. The van der Waals surface area contributed by atoms with Crippen LogP contribution in [0.4, 0.5) is 11.4 Å². The largest absolute Gasteiger partial charge is 0.494 e. The van der Waals surface area contributed by atoms with Crippen molar-refractivity contribution in [2.75, 3.05) is 38.2 Å². The first-order valence-corrected chi connectivity index (χ1v) is 7.46. The smallest absolute Gasteiger partial charge is 0.275 e. The number of nitro benzene ring substituents is 1. The van der Waals surface area contributed by atoms with Crippen molar-refractivity contribution < 1.29 is 9.66 Å². The number of anilines is 1. The van der Waals surface area contributed by atoms with Gasteiger partial charge in [-0.25, -0.2) is 0 Å². The Hall–Kier alpha value is -1.82. The summed E-state index contributed by atoms with van der Waals surface area (Å²) in [6.45, 7) is 5.28. The lowest BCUT2D eigenvalue weighted by atomic mass is 9.96. The molecule has 1 N–H and O–H groups in total. The molecule has 1 aliphatic heterocycles. The molecule has 1 heterocycles. The van der Waals surface area contributed by atoms with Crippen molar-refractivity contribution >= 4 is 11.4 Å². The van der Waals surface area contributed by atoms with Crippen LogP contribution < -0.4 is 15.0 Å². The van der Waals surface area contributed by atoms with E-state index in [4.69, 9.17) is 4.74 Å². The van der Waals surface area contributed by atoms with Gasteiger partial charge in [0.05, 0.1) is 17.6 Å². The number of ether oxygens (including phenoxy) is 1. The van der Waals surface area contributed by atoms with Crippen LogP contribution >= 0.6 is 0 Å². The van der Waals surface area contributed by atoms with Gasteiger partial charge in [0.25, 0.3) is 5.69 Å². The molecule has 6 heteroatoms. The van der Waals surface area contributed by atoms with E-state index in [0.717, 1.165) is 38.2 Å². The first kappa shape index (κ1) is 15.6. The minimum absolute atomic E-state index is 0.0910. The summed E-state index contributed by atoms with van der Waals surface area (Å²) in [6.07, 6.45) is 2.21. The van der Waals surface area contributed by atoms with E-state index < -0.39 is 0 Å². The van der Waals surface area contributed by atoms with E-state index in [1.807, 2.05) is 20.0 Å². The van der Waals surface area contributed by atoms with Crippen LogP contribution in [0.5, 0.6) is 5.75 Å². The topological polar surface area (TPSA) is 67.6 Å². The third-order valence-electron chi connectivity index (χ3n) is 3.87. The second kappa shape index (κ2) is 7.26. The lowest BCUT2D eigenvalue weighted by Crippen LogP contribution is -2.36. The first-order chi connectivity index (χ1) is 10.1. The molecule has 0 bridgehead atoms. The van der Waals surface area contributed by atoms with E-state index in [-0.39, 0.29) is 10.6 Å². The highest BCUT2D eigenvalue weighted by molar-refractivity contribution is 5.58. The average molecular weight is 293 g/mol. The maximum atomic E-state index is 11.1. The van der Waals surface area contributed by atoms with Crippen LogP contribution in [0.1, 0.15) is 19.8 Å². The van der Waals surface area contributed by atoms with Gasteiger partial charge < -0.3 is 15.0 Å². The molecule has 0 aromatic heterocycles. The fraction of sp³-hybridized carbons (Fsp3) is 0.600. The average Bonchev–Trinajstić information content (AvgIpc) is 2.48. The molecule has 21 heavy (non-hydrogen) atoms. The van der Waals surface area contributed by atoms with Crippen LogP contribution in [0.15, 0.2) is 18.2 Å². The molecule has 0 amide bonds. The number of hydrogen-bond donors (Lipinski definition) is 1. The van der Waals surface area contributed by atoms with E-state index in [1.165, 1.54) is 6.07 Å². The van der Waals surface area contributed by atoms with Crippen LogP contribution in [0.2, 0.25) is 0 Å². The summed E-state index contributed by atoms with van der Waals surface area (Å²) in [5, 5.41) is 14.3. The van der Waals surface area contributed by atoms with Gasteiger partial charge >= 0.3 is 0 Å². The molecule has 116 valence electrons. The van der Waals surface area contributed by atoms with Crippen molar-refractivity contribution in [1.29, 1.82) is 0 Å². The highest BCUT2D eigenvalue weighted by atomic mass is 16.6. The zero-order valence-corrected chi connectivity index (χ0v) is 12.7. The predicted octanol–water partition coefficient (Wildman–Crippen LogP) is 2.43. The normalized spacial score (nSPS) is 16.0. The Morgan fingerprint density at radius 2 is 2.10 bits per heavy atom. The van der Waals surface area contributed by atoms with Crippen molar-refractivity contribution in [3.05, 3.63) is 28.3 Å². The fourth-order valence-corrected chi connectivity index (χ4v) is 2.79. The van der Waals surface area contributed by atoms with Gasteiger partial charge in [-0.3, -0.25) is 10.1 Å². The fourth-order valence-electron chi connectivity index (χ4n) is 2.79. The summed E-state index contributed by atoms with van der Waals surface area (Å²) in [5.41, 5.74) is 0.976. The number of nitrogens with zero attached hydrogens (tertiary/aromatic N) is 2. The molecule has 0 unspecified atom stereocenters. The van der Waals surface area contributed by atoms with Gasteiger partial charge in [-0.05, 0) is 39.3 Å². The molecular formula is C15H23N3O3. The van der Waals surface area contributed by atoms with Gasteiger partial charge in [-0.2, -0.15) is 0 Å². The molecule has 1 aromatic rings. The zero-order chi connectivity index (χ0) is 15.2. The predicted molar refractivity (Wildman–Crippen MR) is 83.1 cm³/mol. The summed E-state index contributed by atoms with van der Waals surface area (Å²) in [4.78, 5) is 12.9. The molecule has 0 saturated carbocycles. The number of hydrogen-bond acceptors (Lipinski definition) is 5. The number of rotatable bonds is 6. The molecule has 0 radical (unpaired) electrons. The van der Waals surface area contributed by atoms with Gasteiger partial charge in [0, 0.05) is 30.9 Å². The quantitative estimate of drug-likeness (QED) is 0.644. The number of nitrogens with one attached hydrogen (secondary N) is 1. The summed E-state index contributed by atoms with van der Waals surface area (Å²) in [6, 6.07) is 5.02. The van der Waals surface area contributed by atoms with E-state index >= 15 is 0 Å². The second-order valence-electron chi connectivity index (χ2n) is 5.36. The van der Waals surface area contributed by atoms with E-state index in [1.54, 1.807) is 6.07 Å². The van der Waals surface area contributed by atoms with Crippen molar-refractivity contribution in [2.45, 2.75) is 19.8 Å². The highest BCUT2D eigenvalue weighted by Crippen LogP contribution is 2.31. The van der Waals surface area contributed by atoms with Crippen LogP contribution in [0.3, 0.4) is 0 Å². The standard InChI is InChI=1S/C15H23N3O3/c1-3-21-15-9-13(8-14(10-15)18(19)20)17-6-4-12(5-7-17)11-16-2/h8-10,12,16H,3-7,11H2,1-2H3. The summed E-state index contributed by atoms with van der Waals surface area (Å²) in [7, 11) is 1.97. The minimum atomic E-state index is -0.361. The second-order valence-corrected chi connectivity index (χ2v) is 5.36. The molecule has 1 aromatic carbocycles. The lowest BCUT2D eigenvalue weighted by molar-refractivity contribution is -0.384. The maximum Gasteiger partial charge on any atom is 0.275 e. The van der Waals surface area contributed by atoms with Gasteiger partial charge in [-0.15, -0.1) is 0 Å². The molecule has 1 fully saturated rings. The Labute approximate surface area is 125 Å². The molecule has 0 atom stereocenters. The SMILES string of the molecule is CCOc1cc(N2CCC(CNC)CC2)cc([N+](=O)[O-])c1. The van der Waals surface area contributed by atoms with Gasteiger partial charge in [-0.1, -0.05) is 0 Å². The zero-order valence-electron chi connectivity index (χ0n) is 12.7. The van der Waals surface area contributed by atoms with Gasteiger partial charge in [0.1, 0.15) is 5.75 Å². The van der Waals surface area contributed by atoms with Crippen molar-refractivity contribution in [2.24, 2.45) is 5.92 Å². The lowest BCUT2D eigenvalue weighted by Gasteiger charge is -2.33. The minimum Gasteiger partial charge on any atom is -0.494 e. The van der Waals surface area contributed by atoms with E-state index in [9.17, 15) is 10.1 Å². The molecule has 1 saturated heterocycles.